The molecule has 5 rings (SSSR count). The topological polar surface area (TPSA) is 13.2 Å². The van der Waals surface area contributed by atoms with E-state index < -0.39 is 0 Å². The monoisotopic (exact) mass is 342 g/mol. The molecule has 0 aliphatic rings. The molecule has 4 heteroatoms. The van der Waals surface area contributed by atoms with Crippen LogP contribution < -0.4 is 4.57 Å². The Morgan fingerprint density at radius 2 is 1.92 bits per heavy atom. The highest BCUT2D eigenvalue weighted by Crippen LogP contribution is 2.41. The van der Waals surface area contributed by atoms with E-state index >= 15 is 0 Å². The van der Waals surface area contributed by atoms with Crippen LogP contribution in [0, 0.1) is 13.5 Å². The maximum Gasteiger partial charge on any atom is 0.214 e. The maximum absolute atomic E-state index is 7.41. The van der Waals surface area contributed by atoms with Crippen molar-refractivity contribution in [2.45, 2.75) is 6.92 Å². The molecule has 0 saturated carbocycles. The molecule has 5 aromatic rings. The molecular weight excluding hydrogens is 326 g/mol. The standard InChI is InChI=1S/C21H16N3S/c1-12-15-6-8-23(3)16(15)11-18-19(12)21-20-13(5-7-24(21)4)9-14(22-2)10-17(20)25-18/h5-11H,1,3-4H3/q+1. The van der Waals surface area contributed by atoms with Gasteiger partial charge < -0.3 is 4.57 Å². The molecule has 0 atom stereocenters. The van der Waals surface area contributed by atoms with Crippen molar-refractivity contribution in [1.29, 1.82) is 0 Å². The maximum atomic E-state index is 7.41. The van der Waals surface area contributed by atoms with Crippen molar-refractivity contribution in [3.05, 3.63) is 59.7 Å². The Bertz CT molecular complexity index is 1380. The zero-order valence-corrected chi connectivity index (χ0v) is 15.1. The molecule has 0 N–H and O–H groups in total. The predicted molar refractivity (Wildman–Crippen MR) is 105 cm³/mol. The second-order valence-electron chi connectivity index (χ2n) is 6.63. The van der Waals surface area contributed by atoms with Crippen LogP contribution in [0.2, 0.25) is 0 Å². The van der Waals surface area contributed by atoms with Gasteiger partial charge in [-0.05, 0) is 36.1 Å². The van der Waals surface area contributed by atoms with Crippen molar-refractivity contribution in [1.82, 2.24) is 4.57 Å². The molecular formula is C21H16N3S+. The summed E-state index contributed by atoms with van der Waals surface area (Å²) in [5, 5.41) is 5.02. The fourth-order valence-corrected chi connectivity index (χ4v) is 5.20. The van der Waals surface area contributed by atoms with E-state index in [0.717, 1.165) is 5.39 Å². The highest BCUT2D eigenvalue weighted by atomic mass is 32.1. The predicted octanol–water partition coefficient (Wildman–Crippen LogP) is 5.38. The van der Waals surface area contributed by atoms with Gasteiger partial charge in [0.05, 0.1) is 17.5 Å². The van der Waals surface area contributed by atoms with Gasteiger partial charge in [-0.15, -0.1) is 11.3 Å². The lowest BCUT2D eigenvalue weighted by Crippen LogP contribution is -2.24. The van der Waals surface area contributed by atoms with Gasteiger partial charge >= 0.3 is 0 Å². The van der Waals surface area contributed by atoms with Crippen LogP contribution >= 0.6 is 11.3 Å². The third-order valence-corrected chi connectivity index (χ3v) is 6.27. The van der Waals surface area contributed by atoms with Crippen molar-refractivity contribution in [3.8, 4) is 0 Å². The molecule has 0 saturated heterocycles. The van der Waals surface area contributed by atoms with Crippen molar-refractivity contribution in [2.75, 3.05) is 0 Å². The lowest BCUT2D eigenvalue weighted by Gasteiger charge is -2.15. The Kier molecular flexibility index (Phi) is 2.78. The van der Waals surface area contributed by atoms with E-state index in [1.807, 2.05) is 12.1 Å². The number of fused-ring (bicyclic) bond motifs is 3. The number of pyridine rings is 1. The second-order valence-corrected chi connectivity index (χ2v) is 7.72. The zero-order chi connectivity index (χ0) is 17.3. The van der Waals surface area contributed by atoms with Gasteiger partial charge in [0.1, 0.15) is 7.05 Å². The van der Waals surface area contributed by atoms with Gasteiger partial charge in [0.15, 0.2) is 11.9 Å². The van der Waals surface area contributed by atoms with Gasteiger partial charge in [-0.2, -0.15) is 0 Å². The summed E-state index contributed by atoms with van der Waals surface area (Å²) in [5.41, 5.74) is 4.53. The van der Waals surface area contributed by atoms with Crippen LogP contribution in [-0.2, 0) is 14.1 Å². The molecule has 0 amide bonds. The lowest BCUT2D eigenvalue weighted by molar-refractivity contribution is -0.642. The van der Waals surface area contributed by atoms with E-state index in [4.69, 9.17) is 6.57 Å². The fourth-order valence-electron chi connectivity index (χ4n) is 3.94. The third-order valence-electron chi connectivity index (χ3n) is 5.18. The number of rotatable bonds is 0. The highest BCUT2D eigenvalue weighted by Gasteiger charge is 2.18. The summed E-state index contributed by atoms with van der Waals surface area (Å²) in [5.74, 6) is 0. The smallest absolute Gasteiger partial charge is 0.214 e. The van der Waals surface area contributed by atoms with Crippen LogP contribution in [0.1, 0.15) is 5.56 Å². The Morgan fingerprint density at radius 3 is 2.72 bits per heavy atom. The van der Waals surface area contributed by atoms with Crippen LogP contribution in [0.15, 0.2) is 42.7 Å². The molecule has 0 fully saturated rings. The van der Waals surface area contributed by atoms with Gasteiger partial charge in [0.2, 0.25) is 5.52 Å². The molecule has 3 nitrogen and oxygen atoms in total. The number of hydrogen-bond donors (Lipinski definition) is 0. The number of aromatic nitrogens is 2. The van der Waals surface area contributed by atoms with E-state index in [-0.39, 0.29) is 0 Å². The Hall–Kier alpha value is -2.90. The van der Waals surface area contributed by atoms with Crippen LogP contribution in [0.3, 0.4) is 0 Å². The van der Waals surface area contributed by atoms with Gasteiger partial charge in [0.25, 0.3) is 0 Å². The first-order chi connectivity index (χ1) is 12.1. The van der Waals surface area contributed by atoms with E-state index in [2.05, 4.69) is 65.6 Å². The molecule has 3 aromatic heterocycles. The summed E-state index contributed by atoms with van der Waals surface area (Å²) in [6.45, 7) is 9.63. The molecule has 25 heavy (non-hydrogen) atoms. The summed E-state index contributed by atoms with van der Waals surface area (Å²) in [6.07, 6.45) is 4.22. The summed E-state index contributed by atoms with van der Waals surface area (Å²) < 4.78 is 6.83. The number of aryl methyl sites for hydroxylation is 3. The number of benzene rings is 2. The zero-order valence-electron chi connectivity index (χ0n) is 14.3. The molecule has 0 bridgehead atoms. The normalized spacial score (nSPS) is 11.8. The van der Waals surface area contributed by atoms with E-state index in [1.165, 1.54) is 42.2 Å². The van der Waals surface area contributed by atoms with Crippen molar-refractivity contribution in [3.63, 3.8) is 0 Å². The molecule has 2 aromatic carbocycles. The second kappa shape index (κ2) is 4.81. The minimum atomic E-state index is 0.704. The molecule has 120 valence electrons. The van der Waals surface area contributed by atoms with Crippen molar-refractivity contribution >= 4 is 59.0 Å². The van der Waals surface area contributed by atoms with Gasteiger partial charge in [-0.3, -0.25) is 0 Å². The van der Waals surface area contributed by atoms with Crippen LogP contribution in [0.25, 0.3) is 46.8 Å². The summed E-state index contributed by atoms with van der Waals surface area (Å²) in [6, 6.07) is 10.6. The van der Waals surface area contributed by atoms with Crippen LogP contribution in [0.4, 0.5) is 5.69 Å². The van der Waals surface area contributed by atoms with Crippen LogP contribution in [0.5, 0.6) is 0 Å². The first kappa shape index (κ1) is 14.4. The van der Waals surface area contributed by atoms with Crippen molar-refractivity contribution < 1.29 is 4.57 Å². The molecule has 0 radical (unpaired) electrons. The van der Waals surface area contributed by atoms with E-state index in [1.54, 1.807) is 11.3 Å². The Morgan fingerprint density at radius 1 is 1.12 bits per heavy atom. The summed E-state index contributed by atoms with van der Waals surface area (Å²) >= 11 is 1.78. The van der Waals surface area contributed by atoms with Crippen LogP contribution in [-0.4, -0.2) is 4.57 Å². The average Bonchev–Trinajstić information content (AvgIpc) is 2.98. The van der Waals surface area contributed by atoms with Crippen molar-refractivity contribution in [2.24, 2.45) is 14.1 Å². The molecule has 0 aliphatic heterocycles. The highest BCUT2D eigenvalue weighted by molar-refractivity contribution is 7.25. The lowest BCUT2D eigenvalue weighted by atomic mass is 10.0. The SMILES string of the molecule is [C-]#[N+]c1cc2ccn(C)c3c4c(C)c5cc[n+](C)c5cc4sc(c1)c23. The fraction of sp³-hybridized carbons (Fsp3) is 0.143. The molecule has 3 heterocycles. The Labute approximate surface area is 149 Å². The number of nitrogens with zero attached hydrogens (tertiary/aromatic N) is 3. The first-order valence-electron chi connectivity index (χ1n) is 8.19. The first-order valence-corrected chi connectivity index (χ1v) is 9.01. The minimum absolute atomic E-state index is 0.704. The van der Waals surface area contributed by atoms with Gasteiger partial charge in [-0.25, -0.2) is 9.41 Å². The van der Waals surface area contributed by atoms with Gasteiger partial charge in [-0.1, -0.05) is 0 Å². The summed E-state index contributed by atoms with van der Waals surface area (Å²) in [4.78, 5) is 3.66. The quantitative estimate of drug-likeness (QED) is 0.155. The Balaban J connectivity index is 2.16. The molecule has 0 aliphatic carbocycles. The van der Waals surface area contributed by atoms with Gasteiger partial charge in [0, 0.05) is 45.5 Å². The molecule has 0 unspecified atom stereocenters. The summed E-state index contributed by atoms with van der Waals surface area (Å²) in [7, 11) is 4.20. The average molecular weight is 342 g/mol. The largest absolute Gasteiger partial charge is 0.350 e. The third kappa shape index (κ3) is 1.82. The van der Waals surface area contributed by atoms with E-state index in [0.29, 0.717) is 5.69 Å². The number of hydrogen-bond acceptors (Lipinski definition) is 1. The molecule has 0 spiro atoms. The minimum Gasteiger partial charge on any atom is -0.350 e. The van der Waals surface area contributed by atoms with E-state index in [9.17, 15) is 0 Å².